The lowest BCUT2D eigenvalue weighted by molar-refractivity contribution is -0.117. The van der Waals surface area contributed by atoms with Crippen molar-refractivity contribution in [3.8, 4) is 0 Å². The monoisotopic (exact) mass is 232 g/mol. The van der Waals surface area contributed by atoms with Gasteiger partial charge in [0.25, 0.3) is 0 Å². The molecule has 1 heterocycles. The van der Waals surface area contributed by atoms with Crippen molar-refractivity contribution in [3.05, 3.63) is 29.3 Å². The van der Waals surface area contributed by atoms with Gasteiger partial charge >= 0.3 is 0 Å². The molecule has 2 N–H and O–H groups in total. The molecule has 0 aliphatic carbocycles. The van der Waals surface area contributed by atoms with Gasteiger partial charge < -0.3 is 10.6 Å². The molecule has 1 aromatic rings. The lowest BCUT2D eigenvalue weighted by Crippen LogP contribution is -2.28. The average molecular weight is 232 g/mol. The molecule has 1 atom stereocenters. The van der Waals surface area contributed by atoms with E-state index in [1.807, 2.05) is 11.8 Å². The Bertz CT molecular complexity index is 440. The highest BCUT2D eigenvalue weighted by Crippen LogP contribution is 2.28. The van der Waals surface area contributed by atoms with E-state index in [1.54, 1.807) is 0 Å². The second kappa shape index (κ2) is 4.49. The van der Waals surface area contributed by atoms with Crippen LogP contribution in [0.15, 0.2) is 18.2 Å². The summed E-state index contributed by atoms with van der Waals surface area (Å²) in [6.07, 6.45) is 0.464. The van der Waals surface area contributed by atoms with Crippen LogP contribution < -0.4 is 10.6 Å². The quantitative estimate of drug-likeness (QED) is 0.849. The Morgan fingerprint density at radius 2 is 2.12 bits per heavy atom. The molecule has 1 amide bonds. The van der Waals surface area contributed by atoms with E-state index in [0.29, 0.717) is 18.9 Å². The maximum absolute atomic E-state index is 11.9. The van der Waals surface area contributed by atoms with Gasteiger partial charge in [-0.3, -0.25) is 4.79 Å². The standard InChI is InChI=1S/C14H20N2O/c1-9(2)11-5-4-10(3)13(6-11)16-8-12(15)7-14(16)17/h4-6,9,12H,7-8,15H2,1-3H3. The summed E-state index contributed by atoms with van der Waals surface area (Å²) in [5, 5.41) is 0. The third kappa shape index (κ3) is 2.34. The van der Waals surface area contributed by atoms with E-state index in [2.05, 4.69) is 32.0 Å². The van der Waals surface area contributed by atoms with Crippen LogP contribution in [0.5, 0.6) is 0 Å². The van der Waals surface area contributed by atoms with E-state index >= 15 is 0 Å². The molecule has 1 aliphatic rings. The molecule has 0 radical (unpaired) electrons. The molecular weight excluding hydrogens is 212 g/mol. The number of rotatable bonds is 2. The number of hydrogen-bond acceptors (Lipinski definition) is 2. The van der Waals surface area contributed by atoms with Crippen molar-refractivity contribution >= 4 is 11.6 Å². The van der Waals surface area contributed by atoms with Gasteiger partial charge in [0.05, 0.1) is 0 Å². The van der Waals surface area contributed by atoms with E-state index in [4.69, 9.17) is 5.73 Å². The highest BCUT2D eigenvalue weighted by atomic mass is 16.2. The molecular formula is C14H20N2O. The van der Waals surface area contributed by atoms with Crippen molar-refractivity contribution in [1.29, 1.82) is 0 Å². The lowest BCUT2D eigenvalue weighted by Gasteiger charge is -2.20. The highest BCUT2D eigenvalue weighted by Gasteiger charge is 2.29. The molecule has 92 valence electrons. The van der Waals surface area contributed by atoms with Crippen LogP contribution in [0.2, 0.25) is 0 Å². The summed E-state index contributed by atoms with van der Waals surface area (Å²) in [5.74, 6) is 0.613. The SMILES string of the molecule is Cc1ccc(C(C)C)cc1N1CC(N)CC1=O. The van der Waals surface area contributed by atoms with Gasteiger partial charge in [0.1, 0.15) is 0 Å². The number of hydrogen-bond donors (Lipinski definition) is 1. The minimum Gasteiger partial charge on any atom is -0.326 e. The van der Waals surface area contributed by atoms with E-state index in [-0.39, 0.29) is 11.9 Å². The number of anilines is 1. The van der Waals surface area contributed by atoms with Crippen molar-refractivity contribution in [2.24, 2.45) is 5.73 Å². The van der Waals surface area contributed by atoms with Crippen LogP contribution in [-0.2, 0) is 4.79 Å². The zero-order chi connectivity index (χ0) is 12.6. The van der Waals surface area contributed by atoms with E-state index in [0.717, 1.165) is 11.3 Å². The number of amides is 1. The fourth-order valence-electron chi connectivity index (χ4n) is 2.24. The molecule has 0 bridgehead atoms. The second-order valence-electron chi connectivity index (χ2n) is 5.17. The zero-order valence-electron chi connectivity index (χ0n) is 10.7. The summed E-state index contributed by atoms with van der Waals surface area (Å²) < 4.78 is 0. The fraction of sp³-hybridized carbons (Fsp3) is 0.500. The largest absolute Gasteiger partial charge is 0.326 e. The van der Waals surface area contributed by atoms with Crippen LogP contribution in [0.4, 0.5) is 5.69 Å². The minimum absolute atomic E-state index is 0.0235. The maximum Gasteiger partial charge on any atom is 0.228 e. The van der Waals surface area contributed by atoms with Gasteiger partial charge in [-0.05, 0) is 30.0 Å². The normalized spacial score (nSPS) is 20.4. The highest BCUT2D eigenvalue weighted by molar-refractivity contribution is 5.97. The summed E-state index contributed by atoms with van der Waals surface area (Å²) in [4.78, 5) is 13.7. The summed E-state index contributed by atoms with van der Waals surface area (Å²) in [6.45, 7) is 7.00. The van der Waals surface area contributed by atoms with Crippen LogP contribution in [0.1, 0.15) is 37.3 Å². The van der Waals surface area contributed by atoms with Crippen molar-refractivity contribution in [2.75, 3.05) is 11.4 Å². The third-order valence-corrected chi connectivity index (χ3v) is 3.35. The number of carbonyl (C=O) groups is 1. The number of aryl methyl sites for hydroxylation is 1. The van der Waals surface area contributed by atoms with Gasteiger partial charge in [-0.25, -0.2) is 0 Å². The lowest BCUT2D eigenvalue weighted by atomic mass is 10.0. The van der Waals surface area contributed by atoms with E-state index < -0.39 is 0 Å². The van der Waals surface area contributed by atoms with Crippen molar-refractivity contribution in [2.45, 2.75) is 39.2 Å². The summed E-state index contributed by atoms with van der Waals surface area (Å²) in [7, 11) is 0. The predicted molar refractivity (Wildman–Crippen MR) is 70.2 cm³/mol. The molecule has 0 spiro atoms. The smallest absolute Gasteiger partial charge is 0.228 e. The Balaban J connectivity index is 2.37. The van der Waals surface area contributed by atoms with E-state index in [1.165, 1.54) is 5.56 Å². The fourth-order valence-corrected chi connectivity index (χ4v) is 2.24. The molecule has 0 saturated carbocycles. The molecule has 1 unspecified atom stereocenters. The minimum atomic E-state index is -0.0235. The van der Waals surface area contributed by atoms with Gasteiger partial charge in [-0.2, -0.15) is 0 Å². The molecule has 2 rings (SSSR count). The van der Waals surface area contributed by atoms with Crippen LogP contribution in [-0.4, -0.2) is 18.5 Å². The summed E-state index contributed by atoms with van der Waals surface area (Å²) in [6, 6.07) is 6.31. The summed E-state index contributed by atoms with van der Waals surface area (Å²) >= 11 is 0. The molecule has 17 heavy (non-hydrogen) atoms. The first-order valence-electron chi connectivity index (χ1n) is 6.15. The maximum atomic E-state index is 11.9. The molecule has 1 fully saturated rings. The Morgan fingerprint density at radius 1 is 1.41 bits per heavy atom. The Hall–Kier alpha value is -1.35. The number of carbonyl (C=O) groups excluding carboxylic acids is 1. The number of nitrogens with zero attached hydrogens (tertiary/aromatic N) is 1. The van der Waals surface area contributed by atoms with Crippen molar-refractivity contribution in [1.82, 2.24) is 0 Å². The first-order valence-corrected chi connectivity index (χ1v) is 6.15. The molecule has 1 saturated heterocycles. The summed E-state index contributed by atoms with van der Waals surface area (Å²) in [5.41, 5.74) is 9.26. The topological polar surface area (TPSA) is 46.3 Å². The third-order valence-electron chi connectivity index (χ3n) is 3.35. The van der Waals surface area contributed by atoms with Crippen LogP contribution in [0.25, 0.3) is 0 Å². The molecule has 1 aliphatic heterocycles. The van der Waals surface area contributed by atoms with Crippen molar-refractivity contribution < 1.29 is 4.79 Å². The van der Waals surface area contributed by atoms with Gasteiger partial charge in [-0.15, -0.1) is 0 Å². The first-order chi connectivity index (χ1) is 7.99. The van der Waals surface area contributed by atoms with Crippen LogP contribution in [0, 0.1) is 6.92 Å². The number of benzene rings is 1. The molecule has 0 aromatic heterocycles. The second-order valence-corrected chi connectivity index (χ2v) is 5.17. The Kier molecular flexibility index (Phi) is 3.20. The predicted octanol–water partition coefficient (Wildman–Crippen LogP) is 2.18. The Labute approximate surface area is 103 Å². The molecule has 3 nitrogen and oxygen atoms in total. The van der Waals surface area contributed by atoms with Crippen molar-refractivity contribution in [3.63, 3.8) is 0 Å². The Morgan fingerprint density at radius 3 is 2.65 bits per heavy atom. The van der Waals surface area contributed by atoms with Crippen LogP contribution in [0.3, 0.4) is 0 Å². The van der Waals surface area contributed by atoms with Gasteiger partial charge in [0, 0.05) is 24.7 Å². The van der Waals surface area contributed by atoms with Gasteiger partial charge in [0.2, 0.25) is 5.91 Å². The van der Waals surface area contributed by atoms with Gasteiger partial charge in [-0.1, -0.05) is 26.0 Å². The number of nitrogens with two attached hydrogens (primary N) is 1. The zero-order valence-corrected chi connectivity index (χ0v) is 10.7. The van der Waals surface area contributed by atoms with Crippen LogP contribution >= 0.6 is 0 Å². The van der Waals surface area contributed by atoms with E-state index in [9.17, 15) is 4.79 Å². The molecule has 1 aromatic carbocycles. The van der Waals surface area contributed by atoms with Gasteiger partial charge in [0.15, 0.2) is 0 Å². The average Bonchev–Trinajstić information content (AvgIpc) is 2.58. The first kappa shape index (κ1) is 12.1. The molecule has 3 heteroatoms.